The molecule has 0 amide bonds. The maximum atomic E-state index is 14.4. The van der Waals surface area contributed by atoms with E-state index in [4.69, 9.17) is 5.73 Å². The molecule has 0 aliphatic rings. The molecule has 0 aliphatic heterocycles. The third-order valence-corrected chi connectivity index (χ3v) is 4.38. The molecule has 0 fully saturated rings. The molecule has 2 aromatic rings. The average molecular weight is 358 g/mol. The summed E-state index contributed by atoms with van der Waals surface area (Å²) >= 11 is 0. The van der Waals surface area contributed by atoms with Crippen molar-refractivity contribution in [3.8, 4) is 0 Å². The summed E-state index contributed by atoms with van der Waals surface area (Å²) in [7, 11) is 0. The first-order valence-electron chi connectivity index (χ1n) is 8.61. The fraction of sp³-hybridized carbons (Fsp3) is 0.286. The minimum atomic E-state index is -1.38. The average Bonchev–Trinajstić information content (AvgIpc) is 2.62. The van der Waals surface area contributed by atoms with Crippen LogP contribution in [-0.2, 0) is 17.6 Å². The maximum Gasteiger partial charge on any atom is 0.133 e. The molecule has 0 bridgehead atoms. The zero-order chi connectivity index (χ0) is 19.3. The second-order valence-electron chi connectivity index (χ2n) is 6.09. The predicted octanol–water partition coefficient (Wildman–Crippen LogP) is 2.99. The summed E-state index contributed by atoms with van der Waals surface area (Å²) in [6.07, 6.45) is 3.24. The molecule has 0 radical (unpaired) electrons. The van der Waals surface area contributed by atoms with Crippen LogP contribution >= 0.6 is 0 Å². The lowest BCUT2D eigenvalue weighted by atomic mass is 9.91. The molecule has 2 rings (SSSR count). The lowest BCUT2D eigenvalue weighted by Crippen LogP contribution is -2.41. The van der Waals surface area contributed by atoms with Crippen molar-refractivity contribution < 1.29 is 18.7 Å². The molecule has 2 N–H and O–H groups in total. The summed E-state index contributed by atoms with van der Waals surface area (Å²) in [5.74, 6) is -2.76. The van der Waals surface area contributed by atoms with Gasteiger partial charge in [-0.25, -0.2) is 8.78 Å². The van der Waals surface area contributed by atoms with E-state index >= 15 is 0 Å². The Morgan fingerprint density at radius 3 is 2.38 bits per heavy atom. The largest absolute Gasteiger partial charge is 0.548 e. The SMILES string of the molecule is CCc1ccc(/C(=C\C[C@H](N)C(=O)[O-])c2ccc(F)cc2F)cc1CC. The highest BCUT2D eigenvalue weighted by molar-refractivity contribution is 5.81. The molecular weight excluding hydrogens is 336 g/mol. The Hall–Kier alpha value is -2.53. The van der Waals surface area contributed by atoms with Crippen LogP contribution in [0, 0.1) is 11.6 Å². The molecule has 5 heteroatoms. The fourth-order valence-electron chi connectivity index (χ4n) is 2.90. The van der Waals surface area contributed by atoms with E-state index in [0.717, 1.165) is 30.0 Å². The van der Waals surface area contributed by atoms with Crippen LogP contribution in [0.1, 0.15) is 42.5 Å². The molecule has 0 heterocycles. The van der Waals surface area contributed by atoms with E-state index in [-0.39, 0.29) is 12.0 Å². The van der Waals surface area contributed by atoms with Crippen molar-refractivity contribution in [2.45, 2.75) is 39.2 Å². The van der Waals surface area contributed by atoms with Gasteiger partial charge < -0.3 is 15.6 Å². The van der Waals surface area contributed by atoms with Gasteiger partial charge in [0.25, 0.3) is 0 Å². The van der Waals surface area contributed by atoms with Crippen molar-refractivity contribution in [3.63, 3.8) is 0 Å². The standard InChI is InChI=1S/C21H23F2NO2/c1-3-13-5-6-15(11-14(13)4-2)17(9-10-20(24)21(25)26)18-8-7-16(22)12-19(18)23/h5-9,11-12,20H,3-4,10,24H2,1-2H3,(H,25,26)/p-1/b17-9+/t20-/m0/s1. The van der Waals surface area contributed by atoms with Crippen LogP contribution in [0.25, 0.3) is 5.57 Å². The minimum Gasteiger partial charge on any atom is -0.548 e. The van der Waals surface area contributed by atoms with Gasteiger partial charge in [0.05, 0.1) is 5.97 Å². The van der Waals surface area contributed by atoms with Crippen LogP contribution in [0.3, 0.4) is 0 Å². The number of hydrogen-bond acceptors (Lipinski definition) is 3. The smallest absolute Gasteiger partial charge is 0.133 e. The second kappa shape index (κ2) is 8.72. The third-order valence-electron chi connectivity index (χ3n) is 4.38. The zero-order valence-corrected chi connectivity index (χ0v) is 14.9. The number of carboxylic acid groups (broad SMARTS) is 1. The number of aliphatic carboxylic acids is 1. The summed E-state index contributed by atoms with van der Waals surface area (Å²) in [6.45, 7) is 4.09. The zero-order valence-electron chi connectivity index (χ0n) is 14.9. The third kappa shape index (κ3) is 4.55. The van der Waals surface area contributed by atoms with Gasteiger partial charge >= 0.3 is 0 Å². The highest BCUT2D eigenvalue weighted by atomic mass is 19.1. The highest BCUT2D eigenvalue weighted by Crippen LogP contribution is 2.29. The van der Waals surface area contributed by atoms with Gasteiger partial charge in [-0.1, -0.05) is 38.1 Å². The second-order valence-corrected chi connectivity index (χ2v) is 6.09. The van der Waals surface area contributed by atoms with Gasteiger partial charge in [0.2, 0.25) is 0 Å². The van der Waals surface area contributed by atoms with Crippen LogP contribution in [-0.4, -0.2) is 12.0 Å². The number of hydrogen-bond donors (Lipinski definition) is 1. The van der Waals surface area contributed by atoms with Gasteiger partial charge in [-0.05, 0) is 53.7 Å². The first kappa shape index (κ1) is 19.8. The van der Waals surface area contributed by atoms with E-state index in [1.807, 2.05) is 25.1 Å². The highest BCUT2D eigenvalue weighted by Gasteiger charge is 2.14. The normalized spacial score (nSPS) is 12.9. The van der Waals surface area contributed by atoms with Crippen molar-refractivity contribution >= 4 is 11.5 Å². The van der Waals surface area contributed by atoms with Gasteiger partial charge in [0, 0.05) is 17.7 Å². The number of halogens is 2. The van der Waals surface area contributed by atoms with Gasteiger partial charge in [-0.3, -0.25) is 0 Å². The Balaban J connectivity index is 2.56. The van der Waals surface area contributed by atoms with Crippen LogP contribution < -0.4 is 10.8 Å². The Morgan fingerprint density at radius 2 is 1.81 bits per heavy atom. The number of carboxylic acids is 1. The monoisotopic (exact) mass is 358 g/mol. The molecule has 26 heavy (non-hydrogen) atoms. The predicted molar refractivity (Wildman–Crippen MR) is 96.2 cm³/mol. The Labute approximate surface area is 152 Å². The van der Waals surface area contributed by atoms with Crippen molar-refractivity contribution in [1.82, 2.24) is 0 Å². The summed E-state index contributed by atoms with van der Waals surface area (Å²) in [5, 5.41) is 10.9. The number of nitrogens with two attached hydrogens (primary N) is 1. The van der Waals surface area contributed by atoms with Crippen LogP contribution in [0.2, 0.25) is 0 Å². The lowest BCUT2D eigenvalue weighted by Gasteiger charge is -2.15. The molecule has 2 aromatic carbocycles. The summed E-state index contributed by atoms with van der Waals surface area (Å²) in [4.78, 5) is 10.9. The molecule has 0 aliphatic carbocycles. The number of benzene rings is 2. The summed E-state index contributed by atoms with van der Waals surface area (Å²) < 4.78 is 27.6. The molecule has 0 saturated heterocycles. The maximum absolute atomic E-state index is 14.4. The van der Waals surface area contributed by atoms with E-state index < -0.39 is 23.6 Å². The molecule has 3 nitrogen and oxygen atoms in total. The van der Waals surface area contributed by atoms with Crippen LogP contribution in [0.5, 0.6) is 0 Å². The van der Waals surface area contributed by atoms with E-state index in [1.165, 1.54) is 17.7 Å². The van der Waals surface area contributed by atoms with Crippen molar-refractivity contribution in [2.24, 2.45) is 5.73 Å². The van der Waals surface area contributed by atoms with Gasteiger partial charge in [0.1, 0.15) is 11.6 Å². The summed E-state index contributed by atoms with van der Waals surface area (Å²) in [6, 6.07) is 7.92. The van der Waals surface area contributed by atoms with E-state index in [9.17, 15) is 18.7 Å². The molecule has 1 atom stereocenters. The summed E-state index contributed by atoms with van der Waals surface area (Å²) in [5.41, 5.74) is 9.26. The van der Waals surface area contributed by atoms with E-state index in [0.29, 0.717) is 5.57 Å². The Morgan fingerprint density at radius 1 is 1.12 bits per heavy atom. The Kier molecular flexibility index (Phi) is 6.64. The lowest BCUT2D eigenvalue weighted by molar-refractivity contribution is -0.307. The molecule has 138 valence electrons. The molecule has 0 spiro atoms. The van der Waals surface area contributed by atoms with E-state index in [2.05, 4.69) is 6.92 Å². The fourth-order valence-corrected chi connectivity index (χ4v) is 2.90. The van der Waals surface area contributed by atoms with Gasteiger partial charge in [0.15, 0.2) is 0 Å². The minimum absolute atomic E-state index is 0.0224. The molecule has 0 unspecified atom stereocenters. The molecule has 0 aromatic heterocycles. The van der Waals surface area contributed by atoms with Crippen molar-refractivity contribution in [3.05, 3.63) is 76.4 Å². The first-order valence-corrected chi connectivity index (χ1v) is 8.61. The van der Waals surface area contributed by atoms with E-state index in [1.54, 1.807) is 6.08 Å². The van der Waals surface area contributed by atoms with Gasteiger partial charge in [-0.2, -0.15) is 0 Å². The van der Waals surface area contributed by atoms with Crippen LogP contribution in [0.15, 0.2) is 42.5 Å². The Bertz CT molecular complexity index is 831. The number of carbonyl (C=O) groups is 1. The first-order chi connectivity index (χ1) is 12.4. The quantitative estimate of drug-likeness (QED) is 0.827. The van der Waals surface area contributed by atoms with Crippen molar-refractivity contribution in [1.29, 1.82) is 0 Å². The van der Waals surface area contributed by atoms with Crippen molar-refractivity contribution in [2.75, 3.05) is 0 Å². The number of rotatable bonds is 7. The van der Waals surface area contributed by atoms with Crippen LogP contribution in [0.4, 0.5) is 8.78 Å². The molecular formula is C21H22F2NO2-. The topological polar surface area (TPSA) is 66.2 Å². The number of carbonyl (C=O) groups excluding carboxylic acids is 1. The molecule has 0 saturated carbocycles. The number of aryl methyl sites for hydroxylation is 2. The van der Waals surface area contributed by atoms with Gasteiger partial charge in [-0.15, -0.1) is 0 Å².